The average Bonchev–Trinajstić information content (AvgIpc) is 3.06. The molecule has 5 nitrogen and oxygen atoms in total. The maximum absolute atomic E-state index is 11.6. The molecule has 5 heteroatoms. The summed E-state index contributed by atoms with van der Waals surface area (Å²) >= 11 is 0. The number of aliphatic imine (C=N–C) groups is 1. The largest absolute Gasteiger partial charge is 0.356 e. The average molecular weight is 278 g/mol. The van der Waals surface area contributed by atoms with E-state index in [9.17, 15) is 4.79 Å². The number of hydrogen-bond donors (Lipinski definition) is 2. The Morgan fingerprint density at radius 2 is 2.25 bits per heavy atom. The van der Waals surface area contributed by atoms with Crippen LogP contribution in [0.2, 0.25) is 0 Å². The summed E-state index contributed by atoms with van der Waals surface area (Å²) in [6, 6.07) is 0. The van der Waals surface area contributed by atoms with Crippen molar-refractivity contribution in [3.63, 3.8) is 0 Å². The molecule has 3 aliphatic rings. The van der Waals surface area contributed by atoms with Crippen LogP contribution in [-0.4, -0.2) is 50.0 Å². The van der Waals surface area contributed by atoms with Crippen molar-refractivity contribution in [2.75, 3.05) is 33.2 Å². The van der Waals surface area contributed by atoms with Gasteiger partial charge in [0, 0.05) is 45.1 Å². The van der Waals surface area contributed by atoms with Gasteiger partial charge in [-0.05, 0) is 31.1 Å². The molecule has 0 aromatic heterocycles. The van der Waals surface area contributed by atoms with Crippen molar-refractivity contribution < 1.29 is 4.79 Å². The Labute approximate surface area is 121 Å². The molecular weight excluding hydrogens is 252 g/mol. The van der Waals surface area contributed by atoms with E-state index in [0.29, 0.717) is 11.8 Å². The third kappa shape index (κ3) is 2.76. The number of piperidine rings is 1. The minimum absolute atomic E-state index is 0.135. The molecule has 2 heterocycles. The van der Waals surface area contributed by atoms with Crippen molar-refractivity contribution in [3.8, 4) is 0 Å². The number of rotatable bonds is 2. The first-order valence-electron chi connectivity index (χ1n) is 7.77. The number of hydrogen-bond acceptors (Lipinski definition) is 2. The van der Waals surface area contributed by atoms with Gasteiger partial charge in [0.05, 0.1) is 0 Å². The smallest absolute Gasteiger partial charge is 0.220 e. The van der Waals surface area contributed by atoms with Gasteiger partial charge in [-0.15, -0.1) is 0 Å². The van der Waals surface area contributed by atoms with Gasteiger partial charge in [-0.1, -0.05) is 6.92 Å². The zero-order valence-electron chi connectivity index (χ0n) is 12.7. The van der Waals surface area contributed by atoms with E-state index in [1.54, 1.807) is 0 Å². The summed E-state index contributed by atoms with van der Waals surface area (Å²) in [4.78, 5) is 18.3. The molecule has 0 radical (unpaired) electrons. The molecule has 1 unspecified atom stereocenters. The van der Waals surface area contributed by atoms with Gasteiger partial charge < -0.3 is 15.5 Å². The molecule has 2 N–H and O–H groups in total. The van der Waals surface area contributed by atoms with E-state index >= 15 is 0 Å². The van der Waals surface area contributed by atoms with Crippen LogP contribution >= 0.6 is 0 Å². The summed E-state index contributed by atoms with van der Waals surface area (Å²) in [5.74, 6) is 1.22. The van der Waals surface area contributed by atoms with E-state index < -0.39 is 0 Å². The quantitative estimate of drug-likeness (QED) is 0.584. The molecule has 3 rings (SSSR count). The minimum atomic E-state index is 0.135. The number of amides is 1. The molecule has 1 amide bonds. The third-order valence-corrected chi connectivity index (χ3v) is 5.15. The number of carbonyl (C=O) groups is 1. The van der Waals surface area contributed by atoms with Crippen LogP contribution in [0, 0.1) is 10.8 Å². The molecule has 2 aliphatic heterocycles. The summed E-state index contributed by atoms with van der Waals surface area (Å²) in [6.07, 6.45) is 5.61. The molecule has 0 aromatic rings. The lowest BCUT2D eigenvalue weighted by Crippen LogP contribution is -2.52. The molecule has 1 atom stereocenters. The Morgan fingerprint density at radius 3 is 2.85 bits per heavy atom. The molecule has 0 aromatic carbocycles. The van der Waals surface area contributed by atoms with E-state index in [1.165, 1.54) is 12.8 Å². The lowest BCUT2D eigenvalue weighted by molar-refractivity contribution is -0.119. The number of nitrogens with zero attached hydrogens (tertiary/aromatic N) is 2. The summed E-state index contributed by atoms with van der Waals surface area (Å²) in [7, 11) is 1.86. The van der Waals surface area contributed by atoms with Gasteiger partial charge >= 0.3 is 0 Å². The van der Waals surface area contributed by atoms with Crippen molar-refractivity contribution in [1.82, 2.24) is 15.5 Å². The van der Waals surface area contributed by atoms with Crippen LogP contribution in [0.4, 0.5) is 0 Å². The van der Waals surface area contributed by atoms with Gasteiger partial charge in [-0.2, -0.15) is 0 Å². The molecule has 1 aliphatic carbocycles. The lowest BCUT2D eigenvalue weighted by Gasteiger charge is -2.41. The minimum Gasteiger partial charge on any atom is -0.356 e. The Bertz CT molecular complexity index is 430. The van der Waals surface area contributed by atoms with Gasteiger partial charge in [0.25, 0.3) is 0 Å². The number of nitrogens with one attached hydrogen (secondary N) is 2. The molecule has 1 saturated carbocycles. The molecule has 20 heavy (non-hydrogen) atoms. The summed E-state index contributed by atoms with van der Waals surface area (Å²) in [5, 5.41) is 6.53. The van der Waals surface area contributed by atoms with Crippen LogP contribution in [0.15, 0.2) is 4.99 Å². The van der Waals surface area contributed by atoms with Crippen molar-refractivity contribution in [3.05, 3.63) is 0 Å². The maximum atomic E-state index is 11.6. The number of likely N-dealkylation sites (tertiary alicyclic amines) is 1. The normalized spacial score (nSPS) is 32.4. The Balaban J connectivity index is 1.61. The molecule has 2 saturated heterocycles. The molecule has 0 bridgehead atoms. The van der Waals surface area contributed by atoms with Crippen molar-refractivity contribution >= 4 is 11.9 Å². The second kappa shape index (κ2) is 4.93. The predicted molar refractivity (Wildman–Crippen MR) is 79.6 cm³/mol. The van der Waals surface area contributed by atoms with Crippen molar-refractivity contribution in [2.45, 2.75) is 39.0 Å². The first-order valence-corrected chi connectivity index (χ1v) is 7.77. The van der Waals surface area contributed by atoms with Gasteiger partial charge in [0.1, 0.15) is 0 Å². The number of guanidine groups is 1. The highest BCUT2D eigenvalue weighted by molar-refractivity contribution is 5.81. The lowest BCUT2D eigenvalue weighted by atomic mass is 9.79. The van der Waals surface area contributed by atoms with Crippen LogP contribution in [0.1, 0.15) is 39.0 Å². The fourth-order valence-corrected chi connectivity index (χ4v) is 3.44. The fraction of sp³-hybridized carbons (Fsp3) is 0.867. The summed E-state index contributed by atoms with van der Waals surface area (Å²) in [5.41, 5.74) is 0.616. The molecule has 1 spiro atoms. The van der Waals surface area contributed by atoms with Crippen molar-refractivity contribution in [1.29, 1.82) is 0 Å². The van der Waals surface area contributed by atoms with E-state index in [-0.39, 0.29) is 11.3 Å². The first kappa shape index (κ1) is 13.7. The van der Waals surface area contributed by atoms with Gasteiger partial charge in [0.2, 0.25) is 5.91 Å². The molecular formula is C15H26N4O. The topological polar surface area (TPSA) is 56.7 Å². The van der Waals surface area contributed by atoms with Crippen LogP contribution in [0.5, 0.6) is 0 Å². The second-order valence-corrected chi connectivity index (χ2v) is 7.19. The van der Waals surface area contributed by atoms with Gasteiger partial charge in [-0.3, -0.25) is 9.79 Å². The van der Waals surface area contributed by atoms with Crippen LogP contribution in [0.3, 0.4) is 0 Å². The van der Waals surface area contributed by atoms with Crippen LogP contribution in [0.25, 0.3) is 0 Å². The standard InChI is InChI=1S/C15H26N4O/c1-14(5-6-14)9-18-13(16-2)19-7-3-4-15(11-19)8-12(20)17-10-15/h3-11H2,1-2H3,(H,16,18)(H,17,20). The predicted octanol–water partition coefficient (Wildman–Crippen LogP) is 0.964. The summed E-state index contributed by atoms with van der Waals surface area (Å²) in [6.45, 7) is 6.16. The zero-order chi connectivity index (χ0) is 14.2. The zero-order valence-corrected chi connectivity index (χ0v) is 12.7. The highest BCUT2D eigenvalue weighted by Gasteiger charge is 2.43. The SMILES string of the molecule is CN=C(NCC1(C)CC1)N1CCCC2(CNC(=O)C2)C1. The van der Waals surface area contributed by atoms with E-state index in [1.807, 2.05) is 7.05 Å². The maximum Gasteiger partial charge on any atom is 0.220 e. The Kier molecular flexibility index (Phi) is 3.38. The third-order valence-electron chi connectivity index (χ3n) is 5.15. The van der Waals surface area contributed by atoms with Crippen molar-refractivity contribution in [2.24, 2.45) is 15.8 Å². The Morgan fingerprint density at radius 1 is 1.45 bits per heavy atom. The highest BCUT2D eigenvalue weighted by Crippen LogP contribution is 2.44. The van der Waals surface area contributed by atoms with Crippen LogP contribution in [-0.2, 0) is 4.79 Å². The summed E-state index contributed by atoms with van der Waals surface area (Å²) < 4.78 is 0. The Hall–Kier alpha value is -1.26. The van der Waals surface area contributed by atoms with E-state index in [0.717, 1.165) is 45.0 Å². The monoisotopic (exact) mass is 278 g/mol. The molecule has 112 valence electrons. The fourth-order valence-electron chi connectivity index (χ4n) is 3.44. The highest BCUT2D eigenvalue weighted by atomic mass is 16.1. The second-order valence-electron chi connectivity index (χ2n) is 7.19. The van der Waals surface area contributed by atoms with Crippen LogP contribution < -0.4 is 10.6 Å². The van der Waals surface area contributed by atoms with Gasteiger partial charge in [-0.25, -0.2) is 0 Å². The molecule has 3 fully saturated rings. The number of carbonyl (C=O) groups excluding carboxylic acids is 1. The van der Waals surface area contributed by atoms with E-state index in [4.69, 9.17) is 0 Å². The van der Waals surface area contributed by atoms with Gasteiger partial charge in [0.15, 0.2) is 5.96 Å². The first-order chi connectivity index (χ1) is 9.54. The van der Waals surface area contributed by atoms with E-state index in [2.05, 4.69) is 27.4 Å².